The van der Waals surface area contributed by atoms with Crippen LogP contribution in [0.3, 0.4) is 0 Å². The Morgan fingerprint density at radius 1 is 1.33 bits per heavy atom. The Morgan fingerprint density at radius 3 is 2.81 bits per heavy atom. The standard InChI is InChI=1S/C16H31N3O2/c1-3-18-8-4-5-15(13-18)14(2)17-7-6-16(20)19-9-11-21-12-10-19/h14-15,17H,3-13H2,1-2H3. The molecule has 0 aliphatic carbocycles. The van der Waals surface area contributed by atoms with E-state index in [1.54, 1.807) is 0 Å². The molecule has 2 unspecified atom stereocenters. The van der Waals surface area contributed by atoms with Crippen molar-refractivity contribution in [2.24, 2.45) is 5.92 Å². The maximum absolute atomic E-state index is 12.1. The lowest BCUT2D eigenvalue weighted by Gasteiger charge is -2.35. The molecule has 122 valence electrons. The molecule has 5 nitrogen and oxygen atoms in total. The highest BCUT2D eigenvalue weighted by Gasteiger charge is 2.24. The van der Waals surface area contributed by atoms with Crippen molar-refractivity contribution in [1.82, 2.24) is 15.1 Å². The molecule has 0 spiro atoms. The second kappa shape index (κ2) is 8.71. The maximum atomic E-state index is 12.1. The largest absolute Gasteiger partial charge is 0.378 e. The average molecular weight is 297 g/mol. The molecule has 2 saturated heterocycles. The van der Waals surface area contributed by atoms with E-state index >= 15 is 0 Å². The first kappa shape index (κ1) is 16.7. The molecular weight excluding hydrogens is 266 g/mol. The lowest BCUT2D eigenvalue weighted by atomic mass is 9.91. The van der Waals surface area contributed by atoms with Crippen LogP contribution in [0.2, 0.25) is 0 Å². The van der Waals surface area contributed by atoms with Crippen LogP contribution in [-0.2, 0) is 9.53 Å². The Morgan fingerprint density at radius 2 is 2.10 bits per heavy atom. The van der Waals surface area contributed by atoms with E-state index in [1.807, 2.05) is 4.90 Å². The zero-order chi connectivity index (χ0) is 15.1. The zero-order valence-electron chi connectivity index (χ0n) is 13.6. The molecule has 2 aliphatic rings. The van der Waals surface area contributed by atoms with Gasteiger partial charge in [0, 0.05) is 38.6 Å². The van der Waals surface area contributed by atoms with Crippen LogP contribution in [0, 0.1) is 5.92 Å². The third-order valence-electron chi connectivity index (χ3n) is 4.87. The van der Waals surface area contributed by atoms with Gasteiger partial charge < -0.3 is 19.9 Å². The first-order valence-corrected chi connectivity index (χ1v) is 8.52. The molecule has 5 heteroatoms. The summed E-state index contributed by atoms with van der Waals surface area (Å²) in [7, 11) is 0. The van der Waals surface area contributed by atoms with Gasteiger partial charge in [-0.1, -0.05) is 6.92 Å². The number of ether oxygens (including phenoxy) is 1. The van der Waals surface area contributed by atoms with Crippen molar-refractivity contribution in [2.45, 2.75) is 39.2 Å². The van der Waals surface area contributed by atoms with Crippen LogP contribution >= 0.6 is 0 Å². The van der Waals surface area contributed by atoms with Crippen molar-refractivity contribution in [2.75, 3.05) is 52.5 Å². The summed E-state index contributed by atoms with van der Waals surface area (Å²) >= 11 is 0. The zero-order valence-corrected chi connectivity index (χ0v) is 13.6. The minimum Gasteiger partial charge on any atom is -0.378 e. The highest BCUT2D eigenvalue weighted by molar-refractivity contribution is 5.76. The van der Waals surface area contributed by atoms with Gasteiger partial charge in [-0.25, -0.2) is 0 Å². The molecule has 0 aromatic heterocycles. The van der Waals surface area contributed by atoms with Crippen LogP contribution in [0.15, 0.2) is 0 Å². The Bertz CT molecular complexity index is 319. The Labute approximate surface area is 129 Å². The Kier molecular flexibility index (Phi) is 6.93. The average Bonchev–Trinajstić information content (AvgIpc) is 2.55. The van der Waals surface area contributed by atoms with E-state index in [9.17, 15) is 4.79 Å². The van der Waals surface area contributed by atoms with Gasteiger partial charge in [0.15, 0.2) is 0 Å². The molecule has 0 aromatic carbocycles. The van der Waals surface area contributed by atoms with E-state index in [0.29, 0.717) is 25.7 Å². The van der Waals surface area contributed by atoms with Crippen molar-refractivity contribution >= 4 is 5.91 Å². The summed E-state index contributed by atoms with van der Waals surface area (Å²) in [5.41, 5.74) is 0. The van der Waals surface area contributed by atoms with E-state index in [0.717, 1.165) is 32.1 Å². The molecule has 2 atom stereocenters. The predicted molar refractivity (Wildman–Crippen MR) is 84.3 cm³/mol. The molecule has 0 radical (unpaired) electrons. The fraction of sp³-hybridized carbons (Fsp3) is 0.938. The summed E-state index contributed by atoms with van der Waals surface area (Å²) in [6.07, 6.45) is 3.22. The minimum absolute atomic E-state index is 0.261. The quantitative estimate of drug-likeness (QED) is 0.793. The van der Waals surface area contributed by atoms with Gasteiger partial charge in [-0.2, -0.15) is 0 Å². The number of rotatable bonds is 6. The number of morpholine rings is 1. The number of carbonyl (C=O) groups is 1. The van der Waals surface area contributed by atoms with Crippen molar-refractivity contribution in [3.05, 3.63) is 0 Å². The van der Waals surface area contributed by atoms with Gasteiger partial charge in [-0.15, -0.1) is 0 Å². The van der Waals surface area contributed by atoms with Crippen LogP contribution in [0.4, 0.5) is 0 Å². The van der Waals surface area contributed by atoms with Crippen molar-refractivity contribution in [1.29, 1.82) is 0 Å². The second-order valence-corrected chi connectivity index (χ2v) is 6.28. The summed E-state index contributed by atoms with van der Waals surface area (Å²) in [4.78, 5) is 16.5. The molecule has 2 rings (SSSR count). The van der Waals surface area contributed by atoms with Crippen molar-refractivity contribution < 1.29 is 9.53 Å². The van der Waals surface area contributed by atoms with Crippen molar-refractivity contribution in [3.63, 3.8) is 0 Å². The van der Waals surface area contributed by atoms with E-state index in [1.165, 1.54) is 25.9 Å². The number of amides is 1. The molecule has 21 heavy (non-hydrogen) atoms. The molecule has 1 amide bonds. The molecule has 0 bridgehead atoms. The van der Waals surface area contributed by atoms with Gasteiger partial charge >= 0.3 is 0 Å². The van der Waals surface area contributed by atoms with E-state index in [2.05, 4.69) is 24.1 Å². The first-order valence-electron chi connectivity index (χ1n) is 8.52. The van der Waals surface area contributed by atoms with E-state index in [-0.39, 0.29) is 5.91 Å². The van der Waals surface area contributed by atoms with Gasteiger partial charge in [0.2, 0.25) is 5.91 Å². The van der Waals surface area contributed by atoms with Crippen LogP contribution in [0.25, 0.3) is 0 Å². The lowest BCUT2D eigenvalue weighted by Crippen LogP contribution is -2.46. The summed E-state index contributed by atoms with van der Waals surface area (Å²) in [5.74, 6) is 0.981. The monoisotopic (exact) mass is 297 g/mol. The van der Waals surface area contributed by atoms with Crippen LogP contribution < -0.4 is 5.32 Å². The number of hydrogen-bond donors (Lipinski definition) is 1. The molecule has 0 saturated carbocycles. The SMILES string of the molecule is CCN1CCCC(C(C)NCCC(=O)N2CCOCC2)C1. The van der Waals surface area contributed by atoms with Gasteiger partial charge in [-0.3, -0.25) is 4.79 Å². The fourth-order valence-corrected chi connectivity index (χ4v) is 3.33. The summed E-state index contributed by atoms with van der Waals surface area (Å²) in [5, 5.41) is 3.56. The summed E-state index contributed by atoms with van der Waals surface area (Å²) in [6, 6.07) is 0.497. The smallest absolute Gasteiger partial charge is 0.224 e. The maximum Gasteiger partial charge on any atom is 0.224 e. The number of hydrogen-bond acceptors (Lipinski definition) is 4. The fourth-order valence-electron chi connectivity index (χ4n) is 3.33. The number of likely N-dealkylation sites (tertiary alicyclic amines) is 1. The predicted octanol–water partition coefficient (Wildman–Crippen LogP) is 0.945. The molecule has 2 aliphatic heterocycles. The van der Waals surface area contributed by atoms with Gasteiger partial charge in [0.05, 0.1) is 13.2 Å². The number of nitrogens with zero attached hydrogens (tertiary/aromatic N) is 2. The third kappa shape index (κ3) is 5.24. The molecular formula is C16H31N3O2. The molecule has 2 heterocycles. The van der Waals surface area contributed by atoms with Gasteiger partial charge in [0.25, 0.3) is 0 Å². The minimum atomic E-state index is 0.261. The van der Waals surface area contributed by atoms with Gasteiger partial charge in [0.1, 0.15) is 0 Å². The number of nitrogens with one attached hydrogen (secondary N) is 1. The first-order chi connectivity index (χ1) is 10.2. The van der Waals surface area contributed by atoms with Crippen LogP contribution in [0.5, 0.6) is 0 Å². The van der Waals surface area contributed by atoms with Crippen molar-refractivity contribution in [3.8, 4) is 0 Å². The molecule has 0 aromatic rings. The lowest BCUT2D eigenvalue weighted by molar-refractivity contribution is -0.135. The van der Waals surface area contributed by atoms with Crippen LogP contribution in [0.1, 0.15) is 33.1 Å². The summed E-state index contributed by atoms with van der Waals surface area (Å²) in [6.45, 7) is 11.8. The molecule has 2 fully saturated rings. The number of carbonyl (C=O) groups excluding carboxylic acids is 1. The normalized spacial score (nSPS) is 25.8. The third-order valence-corrected chi connectivity index (χ3v) is 4.87. The van der Waals surface area contributed by atoms with E-state index < -0.39 is 0 Å². The number of piperidine rings is 1. The highest BCUT2D eigenvalue weighted by Crippen LogP contribution is 2.19. The van der Waals surface area contributed by atoms with E-state index in [4.69, 9.17) is 4.74 Å². The van der Waals surface area contributed by atoms with Gasteiger partial charge in [-0.05, 0) is 38.8 Å². The second-order valence-electron chi connectivity index (χ2n) is 6.28. The molecule has 1 N–H and O–H groups in total. The Hall–Kier alpha value is -0.650. The topological polar surface area (TPSA) is 44.8 Å². The highest BCUT2D eigenvalue weighted by atomic mass is 16.5. The van der Waals surface area contributed by atoms with Crippen LogP contribution in [-0.4, -0.2) is 74.2 Å². The Balaban J connectivity index is 1.64. The summed E-state index contributed by atoms with van der Waals surface area (Å²) < 4.78 is 5.28.